The topological polar surface area (TPSA) is 52.3 Å². The van der Waals surface area contributed by atoms with Crippen molar-refractivity contribution in [1.29, 1.82) is 0 Å². The Morgan fingerprint density at radius 1 is 1.26 bits per heavy atom. The molecule has 3 nitrogen and oxygen atoms in total. The molecule has 0 heterocycles. The fourth-order valence-corrected chi connectivity index (χ4v) is 2.29. The molecule has 0 aromatic heterocycles. The normalized spacial score (nSPS) is 10.2. The van der Waals surface area contributed by atoms with Crippen molar-refractivity contribution in [2.45, 2.75) is 6.42 Å². The van der Waals surface area contributed by atoms with Crippen LogP contribution in [0.2, 0.25) is 0 Å². The maximum Gasteiger partial charge on any atom is 0.168 e. The van der Waals surface area contributed by atoms with E-state index in [1.54, 1.807) is 25.3 Å². The maximum absolute atomic E-state index is 12.3. The summed E-state index contributed by atoms with van der Waals surface area (Å²) in [5, 5.41) is 0. The minimum Gasteiger partial charge on any atom is -0.497 e. The minimum atomic E-state index is 0.0208. The molecule has 0 radical (unpaired) electrons. The van der Waals surface area contributed by atoms with Gasteiger partial charge in [-0.05, 0) is 35.9 Å². The van der Waals surface area contributed by atoms with Gasteiger partial charge in [-0.25, -0.2) is 0 Å². The maximum atomic E-state index is 12.3. The molecular weight excluding hydrogens is 306 g/mol. The third-order valence-corrected chi connectivity index (χ3v) is 3.48. The average molecular weight is 320 g/mol. The van der Waals surface area contributed by atoms with Gasteiger partial charge in [-0.1, -0.05) is 28.1 Å². The van der Waals surface area contributed by atoms with Crippen LogP contribution in [-0.4, -0.2) is 12.9 Å². The van der Waals surface area contributed by atoms with Crippen LogP contribution in [0.15, 0.2) is 46.9 Å². The number of carbonyl (C=O) groups excluding carboxylic acids is 1. The van der Waals surface area contributed by atoms with Gasteiger partial charge in [0.05, 0.1) is 7.11 Å². The first-order valence-electron chi connectivity index (χ1n) is 5.81. The van der Waals surface area contributed by atoms with Gasteiger partial charge in [0.25, 0.3) is 0 Å². The highest BCUT2D eigenvalue weighted by Gasteiger charge is 2.11. The van der Waals surface area contributed by atoms with Crippen LogP contribution in [0.5, 0.6) is 5.75 Å². The highest BCUT2D eigenvalue weighted by atomic mass is 79.9. The van der Waals surface area contributed by atoms with E-state index in [2.05, 4.69) is 15.9 Å². The number of Topliss-reactive ketones (excluding diaryl/α,β-unsaturated/α-hetero) is 1. The van der Waals surface area contributed by atoms with E-state index < -0.39 is 0 Å². The molecule has 2 N–H and O–H groups in total. The van der Waals surface area contributed by atoms with Crippen LogP contribution in [-0.2, 0) is 6.42 Å². The molecule has 2 aromatic rings. The quantitative estimate of drug-likeness (QED) is 0.693. The Morgan fingerprint density at radius 3 is 2.79 bits per heavy atom. The molecule has 2 rings (SSSR count). The summed E-state index contributed by atoms with van der Waals surface area (Å²) in [7, 11) is 1.61. The number of ether oxygens (including phenoxy) is 1. The number of halogens is 1. The number of ketones is 1. The van der Waals surface area contributed by atoms with Gasteiger partial charge in [0.15, 0.2) is 5.78 Å². The number of hydrogen-bond acceptors (Lipinski definition) is 3. The van der Waals surface area contributed by atoms with Gasteiger partial charge < -0.3 is 10.5 Å². The van der Waals surface area contributed by atoms with E-state index in [9.17, 15) is 4.79 Å². The summed E-state index contributed by atoms with van der Waals surface area (Å²) >= 11 is 3.37. The van der Waals surface area contributed by atoms with Crippen LogP contribution in [0, 0.1) is 0 Å². The molecule has 0 aliphatic heterocycles. The molecule has 4 heteroatoms. The summed E-state index contributed by atoms with van der Waals surface area (Å²) in [4.78, 5) is 12.3. The van der Waals surface area contributed by atoms with E-state index in [1.165, 1.54) is 0 Å². The van der Waals surface area contributed by atoms with Gasteiger partial charge in [-0.15, -0.1) is 0 Å². The molecule has 2 aromatic carbocycles. The summed E-state index contributed by atoms with van der Waals surface area (Å²) in [6, 6.07) is 12.7. The summed E-state index contributed by atoms with van der Waals surface area (Å²) in [6.07, 6.45) is 0.319. The molecule has 0 unspecified atom stereocenters. The lowest BCUT2D eigenvalue weighted by Crippen LogP contribution is -2.05. The summed E-state index contributed by atoms with van der Waals surface area (Å²) < 4.78 is 5.90. The molecule has 0 fully saturated rings. The molecule has 0 saturated carbocycles. The Labute approximate surface area is 120 Å². The smallest absolute Gasteiger partial charge is 0.168 e. The van der Waals surface area contributed by atoms with Crippen LogP contribution in [0.25, 0.3) is 0 Å². The fourth-order valence-electron chi connectivity index (χ4n) is 1.82. The molecule has 0 amide bonds. The third kappa shape index (κ3) is 3.35. The third-order valence-electron chi connectivity index (χ3n) is 2.79. The number of nitrogen functional groups attached to an aromatic ring is 1. The first-order valence-corrected chi connectivity index (χ1v) is 6.60. The van der Waals surface area contributed by atoms with E-state index in [0.29, 0.717) is 17.7 Å². The lowest BCUT2D eigenvalue weighted by atomic mass is 10.0. The molecule has 0 aliphatic carbocycles. The van der Waals surface area contributed by atoms with E-state index in [-0.39, 0.29) is 5.78 Å². The fraction of sp³-hybridized carbons (Fsp3) is 0.133. The second-order valence-corrected chi connectivity index (χ2v) is 5.05. The zero-order chi connectivity index (χ0) is 13.8. The summed E-state index contributed by atoms with van der Waals surface area (Å²) in [5.41, 5.74) is 7.81. The number of methoxy groups -OCH3 is 1. The van der Waals surface area contributed by atoms with E-state index in [0.717, 1.165) is 15.8 Å². The Bertz CT molecular complexity index is 611. The van der Waals surface area contributed by atoms with E-state index in [4.69, 9.17) is 10.5 Å². The van der Waals surface area contributed by atoms with E-state index in [1.807, 2.05) is 24.3 Å². The molecular formula is C15H14BrNO2. The highest BCUT2D eigenvalue weighted by Crippen LogP contribution is 2.22. The van der Waals surface area contributed by atoms with Gasteiger partial charge in [-0.2, -0.15) is 0 Å². The van der Waals surface area contributed by atoms with Crippen molar-refractivity contribution >= 4 is 27.4 Å². The van der Waals surface area contributed by atoms with Crippen molar-refractivity contribution in [2.24, 2.45) is 0 Å². The zero-order valence-corrected chi connectivity index (χ0v) is 12.1. The summed E-state index contributed by atoms with van der Waals surface area (Å²) in [6.45, 7) is 0. The Balaban J connectivity index is 2.23. The second-order valence-electron chi connectivity index (χ2n) is 4.19. The lowest BCUT2D eigenvalue weighted by Gasteiger charge is -2.06. The van der Waals surface area contributed by atoms with Crippen molar-refractivity contribution in [3.8, 4) is 5.75 Å². The van der Waals surface area contributed by atoms with Crippen LogP contribution >= 0.6 is 15.9 Å². The monoisotopic (exact) mass is 319 g/mol. The first kappa shape index (κ1) is 13.6. The minimum absolute atomic E-state index is 0.0208. The van der Waals surface area contributed by atoms with Crippen LogP contribution in [0.4, 0.5) is 5.69 Å². The lowest BCUT2D eigenvalue weighted by molar-refractivity contribution is 0.0992. The average Bonchev–Trinajstić information content (AvgIpc) is 2.41. The van der Waals surface area contributed by atoms with Crippen molar-refractivity contribution in [3.05, 3.63) is 58.1 Å². The summed E-state index contributed by atoms with van der Waals surface area (Å²) in [5.74, 6) is 0.768. The Kier molecular flexibility index (Phi) is 4.22. The number of carbonyl (C=O) groups is 1. The predicted molar refractivity (Wildman–Crippen MR) is 79.6 cm³/mol. The largest absolute Gasteiger partial charge is 0.497 e. The van der Waals surface area contributed by atoms with Gasteiger partial charge >= 0.3 is 0 Å². The van der Waals surface area contributed by atoms with Crippen molar-refractivity contribution in [2.75, 3.05) is 12.8 Å². The van der Waals surface area contributed by atoms with Crippen molar-refractivity contribution < 1.29 is 9.53 Å². The van der Waals surface area contributed by atoms with Gasteiger partial charge in [0.1, 0.15) is 5.75 Å². The van der Waals surface area contributed by atoms with Gasteiger partial charge in [-0.3, -0.25) is 4.79 Å². The van der Waals surface area contributed by atoms with Gasteiger partial charge in [0, 0.05) is 22.1 Å². The Morgan fingerprint density at radius 2 is 2.05 bits per heavy atom. The van der Waals surface area contributed by atoms with E-state index >= 15 is 0 Å². The standard InChI is InChI=1S/C15H14BrNO2/c1-19-12-4-2-3-10(7-12)8-15(18)13-9-11(17)5-6-14(13)16/h2-7,9H,8,17H2,1H3. The SMILES string of the molecule is COc1cccc(CC(=O)c2cc(N)ccc2Br)c1. The molecule has 0 bridgehead atoms. The molecule has 19 heavy (non-hydrogen) atoms. The molecule has 0 saturated heterocycles. The second kappa shape index (κ2) is 5.89. The molecule has 0 atom stereocenters. The van der Waals surface area contributed by atoms with Crippen molar-refractivity contribution in [3.63, 3.8) is 0 Å². The number of nitrogens with two attached hydrogens (primary N) is 1. The number of hydrogen-bond donors (Lipinski definition) is 1. The molecule has 0 spiro atoms. The molecule has 0 aliphatic rings. The highest BCUT2D eigenvalue weighted by molar-refractivity contribution is 9.10. The van der Waals surface area contributed by atoms with Crippen LogP contribution in [0.1, 0.15) is 15.9 Å². The van der Waals surface area contributed by atoms with Crippen LogP contribution in [0.3, 0.4) is 0 Å². The number of anilines is 1. The number of rotatable bonds is 4. The Hall–Kier alpha value is -1.81. The zero-order valence-electron chi connectivity index (χ0n) is 10.5. The first-order chi connectivity index (χ1) is 9.10. The predicted octanol–water partition coefficient (Wildman–Crippen LogP) is 3.47. The number of benzene rings is 2. The van der Waals surface area contributed by atoms with Gasteiger partial charge in [0.2, 0.25) is 0 Å². The molecule has 98 valence electrons. The van der Waals surface area contributed by atoms with Crippen LogP contribution < -0.4 is 10.5 Å². The van der Waals surface area contributed by atoms with Crippen molar-refractivity contribution in [1.82, 2.24) is 0 Å².